The molecule has 1 aliphatic rings. The predicted molar refractivity (Wildman–Crippen MR) is 91.8 cm³/mol. The van der Waals surface area contributed by atoms with Crippen LogP contribution in [0.25, 0.3) is 0 Å². The summed E-state index contributed by atoms with van der Waals surface area (Å²) in [5, 5.41) is 3.04. The first-order valence-electron chi connectivity index (χ1n) is 8.17. The molecule has 2 atom stereocenters. The summed E-state index contributed by atoms with van der Waals surface area (Å²) in [4.78, 5) is 0.719. The van der Waals surface area contributed by atoms with Crippen LogP contribution in [0.15, 0.2) is 34.5 Å². The lowest BCUT2D eigenvalue weighted by molar-refractivity contribution is -0.138. The van der Waals surface area contributed by atoms with Crippen LogP contribution in [-0.2, 0) is 28.9 Å². The van der Waals surface area contributed by atoms with E-state index in [4.69, 9.17) is 0 Å². The van der Waals surface area contributed by atoms with Gasteiger partial charge in [0.1, 0.15) is 5.37 Å². The van der Waals surface area contributed by atoms with Crippen LogP contribution in [0.1, 0.15) is 34.5 Å². The Balaban J connectivity index is 1.95. The van der Waals surface area contributed by atoms with Gasteiger partial charge in [-0.15, -0.1) is 11.3 Å². The molecule has 0 amide bonds. The minimum Gasteiger partial charge on any atom is -0.290 e. The first-order chi connectivity index (χ1) is 12.8. The quantitative estimate of drug-likeness (QED) is 0.530. The molecule has 3 nitrogen and oxygen atoms in total. The average molecular weight is 443 g/mol. The summed E-state index contributed by atoms with van der Waals surface area (Å²) in [5.74, 6) is 0. The van der Waals surface area contributed by atoms with Crippen LogP contribution in [0.2, 0.25) is 0 Å². The monoisotopic (exact) mass is 443 g/mol. The molecule has 3 rings (SSSR count). The summed E-state index contributed by atoms with van der Waals surface area (Å²) in [7, 11) is -3.86. The number of hydrogen-bond donors (Lipinski definition) is 1. The smallest absolute Gasteiger partial charge is 0.290 e. The van der Waals surface area contributed by atoms with Crippen molar-refractivity contribution in [3.63, 3.8) is 0 Å². The molecule has 154 valence electrons. The van der Waals surface area contributed by atoms with Crippen LogP contribution in [0.5, 0.6) is 0 Å². The molecule has 2 aromatic rings. The van der Waals surface area contributed by atoms with Crippen molar-refractivity contribution in [2.45, 2.75) is 48.4 Å². The van der Waals surface area contributed by atoms with Crippen LogP contribution in [0.4, 0.5) is 26.3 Å². The second-order valence-electron chi connectivity index (χ2n) is 6.42. The van der Waals surface area contributed by atoms with Gasteiger partial charge in [-0.3, -0.25) is 5.32 Å². The third kappa shape index (κ3) is 4.36. The first-order valence-corrected chi connectivity index (χ1v) is 10.6. The maximum atomic E-state index is 13.1. The highest BCUT2D eigenvalue weighted by atomic mass is 32.2. The third-order valence-corrected chi connectivity index (χ3v) is 7.58. The molecule has 1 aliphatic heterocycles. The summed E-state index contributed by atoms with van der Waals surface area (Å²) < 4.78 is 103. The summed E-state index contributed by atoms with van der Waals surface area (Å²) in [6.45, 7) is 1.78. The molecule has 2 unspecified atom stereocenters. The molecule has 1 saturated heterocycles. The van der Waals surface area contributed by atoms with E-state index < -0.39 is 51.2 Å². The number of hydrogen-bond acceptors (Lipinski definition) is 4. The van der Waals surface area contributed by atoms with Crippen molar-refractivity contribution in [1.29, 1.82) is 0 Å². The normalized spacial score (nSPS) is 20.4. The Labute approximate surface area is 161 Å². The molecule has 1 aromatic carbocycles. The number of rotatable bonds is 5. The van der Waals surface area contributed by atoms with Gasteiger partial charge in [0.15, 0.2) is 9.84 Å². The fraction of sp³-hybridized carbons (Fsp3) is 0.412. The van der Waals surface area contributed by atoms with Crippen molar-refractivity contribution in [2.24, 2.45) is 0 Å². The largest absolute Gasteiger partial charge is 0.416 e. The zero-order valence-corrected chi connectivity index (χ0v) is 16.0. The highest BCUT2D eigenvalue weighted by Crippen LogP contribution is 2.41. The van der Waals surface area contributed by atoms with E-state index in [2.05, 4.69) is 5.32 Å². The third-order valence-electron chi connectivity index (χ3n) is 4.31. The Morgan fingerprint density at radius 2 is 1.79 bits per heavy atom. The second-order valence-corrected chi connectivity index (χ2v) is 9.46. The first kappa shape index (κ1) is 21.1. The summed E-state index contributed by atoms with van der Waals surface area (Å²) in [6, 6.07) is 2.55. The maximum absolute atomic E-state index is 13.1. The van der Waals surface area contributed by atoms with Gasteiger partial charge in [0, 0.05) is 4.88 Å². The molecule has 0 aliphatic carbocycles. The zero-order valence-electron chi connectivity index (χ0n) is 14.4. The summed E-state index contributed by atoms with van der Waals surface area (Å²) >= 11 is 1.25. The molecule has 0 radical (unpaired) electrons. The lowest BCUT2D eigenvalue weighted by Crippen LogP contribution is -2.14. The lowest BCUT2D eigenvalue weighted by atomic mass is 10.0. The maximum Gasteiger partial charge on any atom is 0.416 e. The predicted octanol–water partition coefficient (Wildman–Crippen LogP) is 4.88. The van der Waals surface area contributed by atoms with Crippen molar-refractivity contribution in [2.75, 3.05) is 0 Å². The summed E-state index contributed by atoms with van der Waals surface area (Å²) in [6.07, 6.45) is -10.6. The number of sulfone groups is 1. The van der Waals surface area contributed by atoms with E-state index >= 15 is 0 Å². The molecule has 28 heavy (non-hydrogen) atoms. The molecule has 0 saturated carbocycles. The molecule has 11 heteroatoms. The zero-order chi connectivity index (χ0) is 20.9. The van der Waals surface area contributed by atoms with Crippen LogP contribution in [0, 0.1) is 0 Å². The number of halogens is 6. The number of alkyl halides is 6. The highest BCUT2D eigenvalue weighted by Gasteiger charge is 2.49. The Morgan fingerprint density at radius 3 is 2.36 bits per heavy atom. The fourth-order valence-corrected chi connectivity index (χ4v) is 6.17. The molecular formula is C17H15F6NO2S2. The summed E-state index contributed by atoms with van der Waals surface area (Å²) in [5.41, 5.74) is -1.93. The molecule has 1 N–H and O–H groups in total. The average Bonchev–Trinajstić information content (AvgIpc) is 3.22. The van der Waals surface area contributed by atoms with Crippen molar-refractivity contribution >= 4 is 21.2 Å². The topological polar surface area (TPSA) is 56.1 Å². The number of aryl methyl sites for hydroxylation is 1. The van der Waals surface area contributed by atoms with Crippen molar-refractivity contribution in [3.8, 4) is 0 Å². The van der Waals surface area contributed by atoms with Crippen LogP contribution >= 0.6 is 11.3 Å². The van der Waals surface area contributed by atoms with Gasteiger partial charge in [0.2, 0.25) is 0 Å². The Morgan fingerprint density at radius 1 is 1.11 bits per heavy atom. The highest BCUT2D eigenvalue weighted by molar-refractivity contribution is 7.92. The van der Waals surface area contributed by atoms with Crippen LogP contribution < -0.4 is 5.32 Å². The minimum absolute atomic E-state index is 0.0995. The van der Waals surface area contributed by atoms with Crippen molar-refractivity contribution in [3.05, 3.63) is 51.2 Å². The number of thiophene rings is 1. The Hall–Kier alpha value is -1.59. The molecular weight excluding hydrogens is 428 g/mol. The fourth-order valence-electron chi connectivity index (χ4n) is 3.03. The van der Waals surface area contributed by atoms with E-state index in [1.54, 1.807) is 12.3 Å². The number of benzene rings is 1. The molecule has 1 aromatic heterocycles. The van der Waals surface area contributed by atoms with E-state index in [9.17, 15) is 34.8 Å². The molecule has 0 spiro atoms. The number of nitrogens with one attached hydrogen (secondary N) is 1. The van der Waals surface area contributed by atoms with Gasteiger partial charge in [0.25, 0.3) is 0 Å². The Bertz CT molecular complexity index is 978. The van der Waals surface area contributed by atoms with Gasteiger partial charge in [-0.05, 0) is 41.1 Å². The standard InChI is InChI=1S/C17H15F6NO2S2/c1-2-12-13(3-4-27-12)28(25,26)15-14(24-15)10-5-9(8-16(18,19)20)6-11(7-10)17(21,22)23/h3-7,14-15,24H,2,8H2,1H3. The van der Waals surface area contributed by atoms with E-state index in [1.165, 1.54) is 17.4 Å². The van der Waals surface area contributed by atoms with Gasteiger partial charge in [0.05, 0.1) is 22.9 Å². The Kier molecular flexibility index (Phi) is 5.30. The van der Waals surface area contributed by atoms with E-state index in [0.717, 1.165) is 6.07 Å². The van der Waals surface area contributed by atoms with E-state index in [0.29, 0.717) is 23.4 Å². The molecule has 2 heterocycles. The lowest BCUT2D eigenvalue weighted by Gasteiger charge is -2.13. The minimum atomic E-state index is -4.84. The van der Waals surface area contributed by atoms with Gasteiger partial charge < -0.3 is 0 Å². The van der Waals surface area contributed by atoms with Crippen molar-refractivity contribution < 1.29 is 34.8 Å². The van der Waals surface area contributed by atoms with Gasteiger partial charge in [-0.25, -0.2) is 8.42 Å². The SMILES string of the molecule is CCc1sccc1S(=O)(=O)C1NC1c1cc(CC(F)(F)F)cc(C(F)(F)F)c1. The molecule has 1 fully saturated rings. The second kappa shape index (κ2) is 7.03. The molecule has 0 bridgehead atoms. The van der Waals surface area contributed by atoms with E-state index in [1.807, 2.05) is 0 Å². The van der Waals surface area contributed by atoms with Crippen LogP contribution in [0.3, 0.4) is 0 Å². The van der Waals surface area contributed by atoms with Gasteiger partial charge in [-0.2, -0.15) is 26.3 Å². The van der Waals surface area contributed by atoms with E-state index in [-0.39, 0.29) is 10.5 Å². The van der Waals surface area contributed by atoms with Gasteiger partial charge in [-0.1, -0.05) is 13.0 Å². The van der Waals surface area contributed by atoms with Crippen LogP contribution in [-0.4, -0.2) is 20.0 Å². The van der Waals surface area contributed by atoms with Gasteiger partial charge >= 0.3 is 12.4 Å². The van der Waals surface area contributed by atoms with Crippen molar-refractivity contribution in [1.82, 2.24) is 5.32 Å².